The van der Waals surface area contributed by atoms with Crippen molar-refractivity contribution in [1.29, 1.82) is 0 Å². The topological polar surface area (TPSA) is 78.8 Å². The van der Waals surface area contributed by atoms with Crippen LogP contribution in [0.5, 0.6) is 5.75 Å². The van der Waals surface area contributed by atoms with E-state index in [0.717, 1.165) is 24.0 Å². The first-order valence-corrected chi connectivity index (χ1v) is 5.92. The van der Waals surface area contributed by atoms with E-state index in [-0.39, 0.29) is 12.6 Å². The fraction of sp³-hybridized carbons (Fsp3) is 0.462. The second kappa shape index (κ2) is 5.37. The van der Waals surface area contributed by atoms with Crippen LogP contribution in [0.15, 0.2) is 18.2 Å². The molecule has 1 aliphatic carbocycles. The number of carboxylic acids is 1. The molecule has 1 unspecified atom stereocenters. The first-order valence-electron chi connectivity index (χ1n) is 5.92. The number of aliphatic carboxylic acids is 1. The van der Waals surface area contributed by atoms with Crippen LogP contribution in [-0.4, -0.2) is 35.9 Å². The standard InChI is InChI=1S/C13H17NO4/c1-18-9-4-2-8-3-5-11(14-7-12(15)16)13(17)10(8)6-9/h2,4,6,11,13-14,17H,3,5,7H2,1H3,(H,15,16)/t11?,13-/m1/s1. The molecule has 1 aliphatic rings. The van der Waals surface area contributed by atoms with E-state index in [1.54, 1.807) is 7.11 Å². The Kier molecular flexibility index (Phi) is 3.84. The Bertz CT molecular complexity index is 447. The molecule has 0 saturated carbocycles. The van der Waals surface area contributed by atoms with Gasteiger partial charge in [-0.25, -0.2) is 0 Å². The molecular formula is C13H17NO4. The van der Waals surface area contributed by atoms with Crippen molar-refractivity contribution >= 4 is 5.97 Å². The summed E-state index contributed by atoms with van der Waals surface area (Å²) in [6, 6.07) is 5.41. The highest BCUT2D eigenvalue weighted by atomic mass is 16.5. The Labute approximate surface area is 105 Å². The maximum absolute atomic E-state index is 10.5. The van der Waals surface area contributed by atoms with Crippen LogP contribution in [0.3, 0.4) is 0 Å². The highest BCUT2D eigenvalue weighted by Crippen LogP contribution is 2.32. The van der Waals surface area contributed by atoms with Gasteiger partial charge in [-0.05, 0) is 36.1 Å². The normalized spacial score (nSPS) is 22.3. The van der Waals surface area contributed by atoms with Crippen LogP contribution in [0.25, 0.3) is 0 Å². The number of hydrogen-bond donors (Lipinski definition) is 3. The van der Waals surface area contributed by atoms with Gasteiger partial charge in [0.15, 0.2) is 0 Å². The number of carbonyl (C=O) groups is 1. The van der Waals surface area contributed by atoms with Crippen LogP contribution in [-0.2, 0) is 11.2 Å². The highest BCUT2D eigenvalue weighted by Gasteiger charge is 2.28. The van der Waals surface area contributed by atoms with E-state index in [2.05, 4.69) is 5.32 Å². The summed E-state index contributed by atoms with van der Waals surface area (Å²) in [5, 5.41) is 21.7. The molecule has 2 rings (SSSR count). The molecule has 2 atom stereocenters. The number of aliphatic hydroxyl groups is 1. The number of benzene rings is 1. The predicted octanol–water partition coefficient (Wildman–Crippen LogP) is 0.718. The Hall–Kier alpha value is -1.59. The maximum Gasteiger partial charge on any atom is 0.317 e. The van der Waals surface area contributed by atoms with Crippen molar-refractivity contribution in [2.45, 2.75) is 25.0 Å². The molecule has 5 nitrogen and oxygen atoms in total. The Balaban J connectivity index is 2.15. The number of aryl methyl sites for hydroxylation is 1. The summed E-state index contributed by atoms with van der Waals surface area (Å²) >= 11 is 0. The van der Waals surface area contributed by atoms with Crippen molar-refractivity contribution in [3.05, 3.63) is 29.3 Å². The second-order valence-electron chi connectivity index (χ2n) is 4.43. The molecule has 0 saturated heterocycles. The molecule has 0 aromatic heterocycles. The average Bonchev–Trinajstić information content (AvgIpc) is 2.37. The van der Waals surface area contributed by atoms with Crippen LogP contribution in [0.4, 0.5) is 0 Å². The van der Waals surface area contributed by atoms with Gasteiger partial charge >= 0.3 is 5.97 Å². The van der Waals surface area contributed by atoms with E-state index in [1.807, 2.05) is 18.2 Å². The molecule has 3 N–H and O–H groups in total. The number of ether oxygens (including phenoxy) is 1. The van der Waals surface area contributed by atoms with Gasteiger partial charge in [0.25, 0.3) is 0 Å². The van der Waals surface area contributed by atoms with Crippen molar-refractivity contribution in [2.75, 3.05) is 13.7 Å². The largest absolute Gasteiger partial charge is 0.497 e. The third kappa shape index (κ3) is 2.63. The lowest BCUT2D eigenvalue weighted by Crippen LogP contribution is -2.40. The van der Waals surface area contributed by atoms with Crippen molar-refractivity contribution in [3.63, 3.8) is 0 Å². The van der Waals surface area contributed by atoms with E-state index in [4.69, 9.17) is 9.84 Å². The van der Waals surface area contributed by atoms with E-state index in [9.17, 15) is 9.90 Å². The summed E-state index contributed by atoms with van der Waals surface area (Å²) in [7, 11) is 1.58. The minimum atomic E-state index is -0.918. The Morgan fingerprint density at radius 3 is 3.00 bits per heavy atom. The minimum Gasteiger partial charge on any atom is -0.497 e. The monoisotopic (exact) mass is 251 g/mol. The van der Waals surface area contributed by atoms with Crippen LogP contribution in [0.2, 0.25) is 0 Å². The number of rotatable bonds is 4. The lowest BCUT2D eigenvalue weighted by molar-refractivity contribution is -0.136. The van der Waals surface area contributed by atoms with Crippen LogP contribution in [0.1, 0.15) is 23.7 Å². The van der Waals surface area contributed by atoms with Crippen LogP contribution in [0, 0.1) is 0 Å². The summed E-state index contributed by atoms with van der Waals surface area (Å²) in [4.78, 5) is 10.5. The van der Waals surface area contributed by atoms with Gasteiger partial charge in [0, 0.05) is 6.04 Å². The first-order chi connectivity index (χ1) is 8.61. The van der Waals surface area contributed by atoms with Crippen molar-refractivity contribution in [1.82, 2.24) is 5.32 Å². The van der Waals surface area contributed by atoms with Crippen molar-refractivity contribution < 1.29 is 19.7 Å². The van der Waals surface area contributed by atoms with Crippen LogP contribution < -0.4 is 10.1 Å². The third-order valence-electron chi connectivity index (χ3n) is 3.29. The summed E-state index contributed by atoms with van der Waals surface area (Å²) in [6.45, 7) is -0.138. The van der Waals surface area contributed by atoms with Crippen molar-refractivity contribution in [3.8, 4) is 5.75 Å². The molecule has 1 aromatic carbocycles. The molecule has 0 heterocycles. The Morgan fingerprint density at radius 1 is 1.56 bits per heavy atom. The van der Waals surface area contributed by atoms with Gasteiger partial charge in [0.2, 0.25) is 0 Å². The summed E-state index contributed by atoms with van der Waals surface area (Å²) in [5.74, 6) is -0.217. The van der Waals surface area contributed by atoms with Gasteiger partial charge in [-0.2, -0.15) is 0 Å². The molecule has 0 spiro atoms. The van der Waals surface area contributed by atoms with E-state index in [1.165, 1.54) is 0 Å². The molecule has 0 bridgehead atoms. The van der Waals surface area contributed by atoms with Crippen LogP contribution >= 0.6 is 0 Å². The predicted molar refractivity (Wildman–Crippen MR) is 65.7 cm³/mol. The maximum atomic E-state index is 10.5. The first kappa shape index (κ1) is 12.9. The molecule has 1 aromatic rings. The van der Waals surface area contributed by atoms with Gasteiger partial charge < -0.3 is 20.3 Å². The second-order valence-corrected chi connectivity index (χ2v) is 4.43. The molecule has 0 aliphatic heterocycles. The molecule has 5 heteroatoms. The van der Waals surface area contributed by atoms with Gasteiger partial charge in [-0.15, -0.1) is 0 Å². The fourth-order valence-electron chi connectivity index (χ4n) is 2.32. The number of fused-ring (bicyclic) bond motifs is 1. The lowest BCUT2D eigenvalue weighted by Gasteiger charge is -2.30. The molecule has 0 radical (unpaired) electrons. The van der Waals surface area contributed by atoms with Gasteiger partial charge in [-0.3, -0.25) is 4.79 Å². The summed E-state index contributed by atoms with van der Waals surface area (Å²) < 4.78 is 5.14. The molecule has 98 valence electrons. The lowest BCUT2D eigenvalue weighted by atomic mass is 9.85. The van der Waals surface area contributed by atoms with Crippen molar-refractivity contribution in [2.24, 2.45) is 0 Å². The SMILES string of the molecule is COc1ccc2c(c1)[C@@H](O)C(NCC(=O)O)CC2. The summed E-state index contributed by atoms with van der Waals surface area (Å²) in [5.41, 5.74) is 1.92. The number of carboxylic acid groups (broad SMARTS) is 1. The number of nitrogens with one attached hydrogen (secondary N) is 1. The molecule has 0 fully saturated rings. The quantitative estimate of drug-likeness (QED) is 0.734. The van der Waals surface area contributed by atoms with Gasteiger partial charge in [-0.1, -0.05) is 6.07 Å². The number of methoxy groups -OCH3 is 1. The average molecular weight is 251 g/mol. The number of hydrogen-bond acceptors (Lipinski definition) is 4. The minimum absolute atomic E-state index is 0.138. The van der Waals surface area contributed by atoms with E-state index in [0.29, 0.717) is 5.75 Å². The van der Waals surface area contributed by atoms with Gasteiger partial charge in [0.1, 0.15) is 5.75 Å². The molecule has 18 heavy (non-hydrogen) atoms. The zero-order valence-electron chi connectivity index (χ0n) is 10.2. The zero-order chi connectivity index (χ0) is 13.1. The third-order valence-corrected chi connectivity index (χ3v) is 3.29. The highest BCUT2D eigenvalue weighted by molar-refractivity contribution is 5.69. The fourth-order valence-corrected chi connectivity index (χ4v) is 2.32. The molecule has 0 amide bonds. The number of aliphatic hydroxyl groups excluding tert-OH is 1. The van der Waals surface area contributed by atoms with E-state index < -0.39 is 12.1 Å². The Morgan fingerprint density at radius 2 is 2.33 bits per heavy atom. The molecular weight excluding hydrogens is 234 g/mol. The van der Waals surface area contributed by atoms with Gasteiger partial charge in [0.05, 0.1) is 19.8 Å². The summed E-state index contributed by atoms with van der Waals surface area (Å²) in [6.07, 6.45) is 0.866. The smallest absolute Gasteiger partial charge is 0.317 e. The van der Waals surface area contributed by atoms with E-state index >= 15 is 0 Å². The zero-order valence-corrected chi connectivity index (χ0v) is 10.2.